The van der Waals surface area contributed by atoms with Crippen LogP contribution in [0, 0.1) is 0 Å². The van der Waals surface area contributed by atoms with Gasteiger partial charge in [-0.25, -0.2) is 13.6 Å². The van der Waals surface area contributed by atoms with E-state index in [1.54, 1.807) is 0 Å². The molecule has 10 heavy (non-hydrogen) atoms. The molecular weight excluding hydrogens is 150 g/mol. The maximum Gasteiger partial charge on any atom is 0.209 e. The summed E-state index contributed by atoms with van der Waals surface area (Å²) in [5.74, 6) is 0.0807. The highest BCUT2D eigenvalue weighted by atomic mass is 32.2. The van der Waals surface area contributed by atoms with Crippen molar-refractivity contribution in [2.24, 2.45) is 5.14 Å². The Balaban J connectivity index is 3.39. The summed E-state index contributed by atoms with van der Waals surface area (Å²) >= 11 is 0. The van der Waals surface area contributed by atoms with Crippen molar-refractivity contribution in [3.63, 3.8) is 0 Å². The van der Waals surface area contributed by atoms with Crippen LogP contribution in [0.15, 0.2) is 12.2 Å². The second-order valence-corrected chi connectivity index (χ2v) is 3.81. The van der Waals surface area contributed by atoms with E-state index in [0.717, 1.165) is 6.42 Å². The predicted octanol–water partition coefficient (Wildman–Crippen LogP) is 0.631. The number of hydrogen-bond donors (Lipinski definition) is 1. The van der Waals surface area contributed by atoms with E-state index in [4.69, 9.17) is 5.14 Å². The molecular formula is C6H13NO2S. The molecule has 0 aromatic heterocycles. The van der Waals surface area contributed by atoms with Crippen molar-refractivity contribution in [2.75, 3.05) is 5.75 Å². The van der Waals surface area contributed by atoms with Gasteiger partial charge in [0.25, 0.3) is 0 Å². The quantitative estimate of drug-likeness (QED) is 0.488. The monoisotopic (exact) mass is 163 g/mol. The molecule has 0 fully saturated rings. The maximum atomic E-state index is 10.3. The fraction of sp³-hybridized carbons (Fsp3) is 0.667. The van der Waals surface area contributed by atoms with Crippen molar-refractivity contribution in [2.45, 2.75) is 19.8 Å². The minimum atomic E-state index is -3.24. The summed E-state index contributed by atoms with van der Waals surface area (Å²) in [6.07, 6.45) is 5.21. The van der Waals surface area contributed by atoms with Crippen LogP contribution in [0.1, 0.15) is 19.8 Å². The second-order valence-electron chi connectivity index (χ2n) is 2.08. The number of unbranched alkanes of at least 4 members (excludes halogenated alkanes) is 1. The molecule has 0 aliphatic carbocycles. The van der Waals surface area contributed by atoms with Gasteiger partial charge in [0.2, 0.25) is 10.0 Å². The molecule has 2 N–H and O–H groups in total. The number of primary sulfonamides is 1. The molecule has 3 nitrogen and oxygen atoms in total. The summed E-state index contributed by atoms with van der Waals surface area (Å²) in [5.41, 5.74) is 0. The molecule has 0 unspecified atom stereocenters. The fourth-order valence-corrected chi connectivity index (χ4v) is 1.14. The van der Waals surface area contributed by atoms with E-state index >= 15 is 0 Å². The summed E-state index contributed by atoms with van der Waals surface area (Å²) in [7, 11) is -3.24. The van der Waals surface area contributed by atoms with E-state index in [2.05, 4.69) is 0 Å². The third-order valence-electron chi connectivity index (χ3n) is 1.04. The summed E-state index contributed by atoms with van der Waals surface area (Å²) < 4.78 is 20.7. The molecule has 0 bridgehead atoms. The SMILES string of the molecule is CC=CCCCS(N)(=O)=O. The Kier molecular flexibility index (Phi) is 4.31. The summed E-state index contributed by atoms with van der Waals surface area (Å²) in [5, 5.41) is 4.77. The molecule has 0 aliphatic heterocycles. The van der Waals surface area contributed by atoms with E-state index < -0.39 is 10.0 Å². The summed E-state index contributed by atoms with van der Waals surface area (Å²) in [6.45, 7) is 1.90. The van der Waals surface area contributed by atoms with Crippen LogP contribution in [0.3, 0.4) is 0 Å². The van der Waals surface area contributed by atoms with Crippen LogP contribution in [0.25, 0.3) is 0 Å². The molecule has 0 amide bonds. The third kappa shape index (κ3) is 7.65. The van der Waals surface area contributed by atoms with Crippen molar-refractivity contribution < 1.29 is 8.42 Å². The molecule has 0 rings (SSSR count). The normalized spacial score (nSPS) is 12.6. The molecule has 4 heteroatoms. The van der Waals surface area contributed by atoms with Gasteiger partial charge in [-0.05, 0) is 19.8 Å². The molecule has 0 aliphatic rings. The van der Waals surface area contributed by atoms with Crippen LogP contribution >= 0.6 is 0 Å². The van der Waals surface area contributed by atoms with E-state index in [9.17, 15) is 8.42 Å². The van der Waals surface area contributed by atoms with Crippen molar-refractivity contribution in [3.05, 3.63) is 12.2 Å². The topological polar surface area (TPSA) is 60.2 Å². The van der Waals surface area contributed by atoms with Gasteiger partial charge in [-0.1, -0.05) is 12.2 Å². The van der Waals surface area contributed by atoms with Gasteiger partial charge < -0.3 is 0 Å². The standard InChI is InChI=1S/C6H13NO2S/c1-2-3-4-5-6-10(7,8)9/h2-3H,4-6H2,1H3,(H2,7,8,9). The molecule has 0 spiro atoms. The highest BCUT2D eigenvalue weighted by molar-refractivity contribution is 7.89. The zero-order valence-corrected chi connectivity index (χ0v) is 6.89. The zero-order chi connectivity index (χ0) is 8.04. The van der Waals surface area contributed by atoms with E-state index in [1.165, 1.54) is 0 Å². The van der Waals surface area contributed by atoms with Gasteiger partial charge in [-0.3, -0.25) is 0 Å². The first kappa shape index (κ1) is 9.65. The largest absolute Gasteiger partial charge is 0.229 e. The van der Waals surface area contributed by atoms with Gasteiger partial charge in [-0.2, -0.15) is 0 Å². The highest BCUT2D eigenvalue weighted by Crippen LogP contribution is 1.92. The molecule has 0 aromatic carbocycles. The first-order chi connectivity index (χ1) is 4.56. The van der Waals surface area contributed by atoms with Crippen LogP contribution in [0.2, 0.25) is 0 Å². The van der Waals surface area contributed by atoms with Crippen LogP contribution in [-0.4, -0.2) is 14.2 Å². The molecule has 0 radical (unpaired) electrons. The number of sulfonamides is 1. The minimum Gasteiger partial charge on any atom is -0.229 e. The molecule has 0 aromatic rings. The van der Waals surface area contributed by atoms with Gasteiger partial charge >= 0.3 is 0 Å². The van der Waals surface area contributed by atoms with Gasteiger partial charge in [0.05, 0.1) is 5.75 Å². The smallest absolute Gasteiger partial charge is 0.209 e. The molecule has 0 heterocycles. The van der Waals surface area contributed by atoms with E-state index in [-0.39, 0.29) is 5.75 Å². The lowest BCUT2D eigenvalue weighted by atomic mass is 10.3. The van der Waals surface area contributed by atoms with E-state index in [0.29, 0.717) is 6.42 Å². The van der Waals surface area contributed by atoms with Crippen LogP contribution in [0.5, 0.6) is 0 Å². The Bertz CT molecular complexity index is 194. The molecule has 60 valence electrons. The fourth-order valence-electron chi connectivity index (χ4n) is 0.569. The lowest BCUT2D eigenvalue weighted by Crippen LogP contribution is -2.15. The zero-order valence-electron chi connectivity index (χ0n) is 6.08. The Morgan fingerprint density at radius 1 is 1.50 bits per heavy atom. The van der Waals surface area contributed by atoms with Gasteiger partial charge in [0.1, 0.15) is 0 Å². The van der Waals surface area contributed by atoms with Gasteiger partial charge in [0.15, 0.2) is 0 Å². The first-order valence-electron chi connectivity index (χ1n) is 3.18. The van der Waals surface area contributed by atoms with Crippen molar-refractivity contribution in [1.82, 2.24) is 0 Å². The Labute approximate surface area is 62.0 Å². The summed E-state index contributed by atoms with van der Waals surface area (Å²) in [4.78, 5) is 0. The van der Waals surface area contributed by atoms with Gasteiger partial charge in [-0.15, -0.1) is 0 Å². The van der Waals surface area contributed by atoms with Crippen molar-refractivity contribution in [1.29, 1.82) is 0 Å². The Hall–Kier alpha value is -0.350. The van der Waals surface area contributed by atoms with Crippen molar-refractivity contribution in [3.8, 4) is 0 Å². The first-order valence-corrected chi connectivity index (χ1v) is 4.89. The highest BCUT2D eigenvalue weighted by Gasteiger charge is 1.98. The number of rotatable bonds is 4. The van der Waals surface area contributed by atoms with Gasteiger partial charge in [0, 0.05) is 0 Å². The lowest BCUT2D eigenvalue weighted by Gasteiger charge is -1.92. The maximum absolute atomic E-state index is 10.3. The molecule has 0 saturated carbocycles. The number of nitrogens with two attached hydrogens (primary N) is 1. The lowest BCUT2D eigenvalue weighted by molar-refractivity contribution is 0.595. The average molecular weight is 163 g/mol. The Morgan fingerprint density at radius 2 is 2.10 bits per heavy atom. The third-order valence-corrected chi connectivity index (χ3v) is 1.89. The van der Waals surface area contributed by atoms with Crippen LogP contribution in [0.4, 0.5) is 0 Å². The van der Waals surface area contributed by atoms with Crippen LogP contribution in [-0.2, 0) is 10.0 Å². The number of hydrogen-bond acceptors (Lipinski definition) is 2. The molecule has 0 atom stereocenters. The van der Waals surface area contributed by atoms with Crippen molar-refractivity contribution >= 4 is 10.0 Å². The van der Waals surface area contributed by atoms with E-state index in [1.807, 2.05) is 19.1 Å². The second kappa shape index (κ2) is 4.46. The van der Waals surface area contributed by atoms with Crippen LogP contribution < -0.4 is 5.14 Å². The predicted molar refractivity (Wildman–Crippen MR) is 42.0 cm³/mol. The average Bonchev–Trinajstić information content (AvgIpc) is 1.78. The summed E-state index contributed by atoms with van der Waals surface area (Å²) in [6, 6.07) is 0. The Morgan fingerprint density at radius 3 is 2.50 bits per heavy atom. The molecule has 0 saturated heterocycles. The minimum absolute atomic E-state index is 0.0807. The number of allylic oxidation sites excluding steroid dienone is 2.